The van der Waals surface area contributed by atoms with Gasteiger partial charge in [-0.2, -0.15) is 10.2 Å². The number of ether oxygens (including phenoxy) is 2. The van der Waals surface area contributed by atoms with Gasteiger partial charge in [-0.3, -0.25) is 0 Å². The lowest BCUT2D eigenvalue weighted by Gasteiger charge is -2.17. The highest BCUT2D eigenvalue weighted by Gasteiger charge is 2.19. The fraction of sp³-hybridized carbons (Fsp3) is 0.143. The van der Waals surface area contributed by atoms with Crippen molar-refractivity contribution in [2.45, 2.75) is 0 Å². The first kappa shape index (κ1) is 12.3. The minimum absolute atomic E-state index is 0.694. The van der Waals surface area contributed by atoms with Gasteiger partial charge in [-0.15, -0.1) is 0 Å². The van der Waals surface area contributed by atoms with Crippen LogP contribution in [0.15, 0.2) is 49.1 Å². The Kier molecular flexibility index (Phi) is 3.12. The third-order valence-electron chi connectivity index (χ3n) is 2.98. The highest BCUT2D eigenvalue weighted by Crippen LogP contribution is 2.35. The average molecular weight is 270 g/mol. The molecule has 3 rings (SSSR count). The highest BCUT2D eigenvalue weighted by molar-refractivity contribution is 5.67. The Morgan fingerprint density at radius 2 is 1.25 bits per heavy atom. The number of methoxy groups -OCH3 is 2. The van der Waals surface area contributed by atoms with E-state index >= 15 is 0 Å². The summed E-state index contributed by atoms with van der Waals surface area (Å²) in [6, 6.07) is 7.41. The molecule has 0 saturated heterocycles. The molecular formula is C14H14N4O2. The van der Waals surface area contributed by atoms with E-state index in [1.165, 1.54) is 0 Å². The van der Waals surface area contributed by atoms with E-state index in [4.69, 9.17) is 9.47 Å². The van der Waals surface area contributed by atoms with Crippen molar-refractivity contribution in [3.63, 3.8) is 0 Å². The summed E-state index contributed by atoms with van der Waals surface area (Å²) in [4.78, 5) is 0. The number of aromatic nitrogens is 4. The summed E-state index contributed by atoms with van der Waals surface area (Å²) in [6.45, 7) is 0. The zero-order chi connectivity index (χ0) is 13.9. The molecule has 0 N–H and O–H groups in total. The molecule has 6 heteroatoms. The highest BCUT2D eigenvalue weighted by atomic mass is 16.5. The first-order valence-corrected chi connectivity index (χ1v) is 6.10. The van der Waals surface area contributed by atoms with Gasteiger partial charge in [0.15, 0.2) is 0 Å². The van der Waals surface area contributed by atoms with E-state index in [1.807, 2.05) is 36.7 Å². The molecule has 102 valence electrons. The van der Waals surface area contributed by atoms with Gasteiger partial charge in [0, 0.05) is 24.8 Å². The lowest BCUT2D eigenvalue weighted by Crippen LogP contribution is -2.08. The van der Waals surface area contributed by atoms with Crippen LogP contribution >= 0.6 is 0 Å². The maximum atomic E-state index is 5.45. The van der Waals surface area contributed by atoms with Gasteiger partial charge in [0.2, 0.25) is 0 Å². The average Bonchev–Trinajstić information content (AvgIpc) is 3.18. The van der Waals surface area contributed by atoms with Crippen LogP contribution in [0.5, 0.6) is 11.5 Å². The topological polar surface area (TPSA) is 54.1 Å². The summed E-state index contributed by atoms with van der Waals surface area (Å²) in [6.07, 6.45) is 7.13. The van der Waals surface area contributed by atoms with Gasteiger partial charge in [0.05, 0.1) is 14.2 Å². The molecule has 0 unspecified atom stereocenters. The van der Waals surface area contributed by atoms with Crippen LogP contribution < -0.4 is 9.47 Å². The van der Waals surface area contributed by atoms with Gasteiger partial charge in [0.1, 0.15) is 22.9 Å². The van der Waals surface area contributed by atoms with Gasteiger partial charge >= 0.3 is 0 Å². The van der Waals surface area contributed by atoms with Crippen LogP contribution in [-0.2, 0) is 0 Å². The second-order valence-corrected chi connectivity index (χ2v) is 4.07. The molecule has 20 heavy (non-hydrogen) atoms. The molecule has 0 saturated carbocycles. The first-order valence-electron chi connectivity index (χ1n) is 6.10. The monoisotopic (exact) mass is 270 g/mol. The molecule has 0 amide bonds. The SMILES string of the molecule is COc1ccc(OC)c(-n2cccn2)c1-n1cccn1. The fourth-order valence-electron chi connectivity index (χ4n) is 2.12. The van der Waals surface area contributed by atoms with E-state index in [2.05, 4.69) is 10.2 Å². The fourth-order valence-corrected chi connectivity index (χ4v) is 2.12. The number of hydrogen-bond donors (Lipinski definition) is 0. The Balaban J connectivity index is 2.34. The lowest BCUT2D eigenvalue weighted by molar-refractivity contribution is 0.398. The Morgan fingerprint density at radius 1 is 0.800 bits per heavy atom. The van der Waals surface area contributed by atoms with Gasteiger partial charge in [0.25, 0.3) is 0 Å². The second kappa shape index (κ2) is 5.08. The molecule has 0 aliphatic carbocycles. The number of hydrogen-bond acceptors (Lipinski definition) is 4. The van der Waals surface area contributed by atoms with Gasteiger partial charge in [-0.25, -0.2) is 9.36 Å². The molecule has 0 fully saturated rings. The maximum Gasteiger partial charge on any atom is 0.147 e. The number of benzene rings is 1. The summed E-state index contributed by atoms with van der Waals surface area (Å²) in [7, 11) is 3.25. The molecule has 0 radical (unpaired) electrons. The van der Waals surface area contributed by atoms with Crippen LogP contribution in [0.4, 0.5) is 0 Å². The Labute approximate surface area is 116 Å². The minimum atomic E-state index is 0.694. The maximum absolute atomic E-state index is 5.45. The van der Waals surface area contributed by atoms with Crippen molar-refractivity contribution in [1.29, 1.82) is 0 Å². The molecule has 0 bridgehead atoms. The van der Waals surface area contributed by atoms with Gasteiger partial charge < -0.3 is 9.47 Å². The summed E-state index contributed by atoms with van der Waals surface area (Å²) in [5, 5.41) is 8.56. The molecule has 1 aromatic carbocycles. The zero-order valence-corrected chi connectivity index (χ0v) is 11.2. The van der Waals surface area contributed by atoms with E-state index < -0.39 is 0 Å². The molecule has 2 aromatic heterocycles. The van der Waals surface area contributed by atoms with Crippen LogP contribution in [-0.4, -0.2) is 33.8 Å². The number of rotatable bonds is 4. The van der Waals surface area contributed by atoms with Crippen molar-refractivity contribution >= 4 is 0 Å². The summed E-state index contributed by atoms with van der Waals surface area (Å²) in [5.74, 6) is 1.39. The van der Waals surface area contributed by atoms with Crippen molar-refractivity contribution in [2.24, 2.45) is 0 Å². The predicted octanol–water partition coefficient (Wildman–Crippen LogP) is 2.08. The van der Waals surface area contributed by atoms with E-state index in [1.54, 1.807) is 36.0 Å². The summed E-state index contributed by atoms with van der Waals surface area (Å²) >= 11 is 0. The molecule has 2 heterocycles. The van der Waals surface area contributed by atoms with Crippen LogP contribution in [0.3, 0.4) is 0 Å². The van der Waals surface area contributed by atoms with Crippen LogP contribution in [0.2, 0.25) is 0 Å². The van der Waals surface area contributed by atoms with E-state index in [0.29, 0.717) is 11.5 Å². The smallest absolute Gasteiger partial charge is 0.147 e. The molecule has 0 aliphatic heterocycles. The van der Waals surface area contributed by atoms with Crippen LogP contribution in [0.25, 0.3) is 11.4 Å². The third-order valence-corrected chi connectivity index (χ3v) is 2.98. The third kappa shape index (κ3) is 1.91. The number of nitrogens with zero attached hydrogens (tertiary/aromatic N) is 4. The summed E-state index contributed by atoms with van der Waals surface area (Å²) in [5.41, 5.74) is 1.56. The molecule has 0 aliphatic rings. The normalized spacial score (nSPS) is 10.5. The molecule has 0 spiro atoms. The van der Waals surface area contributed by atoms with Crippen molar-refractivity contribution in [1.82, 2.24) is 19.6 Å². The minimum Gasteiger partial charge on any atom is -0.494 e. The van der Waals surface area contributed by atoms with Crippen molar-refractivity contribution in [3.8, 4) is 22.9 Å². The molecule has 3 aromatic rings. The molecular weight excluding hydrogens is 256 g/mol. The Hall–Kier alpha value is -2.76. The summed E-state index contributed by atoms with van der Waals surface area (Å²) < 4.78 is 14.4. The van der Waals surface area contributed by atoms with Crippen molar-refractivity contribution < 1.29 is 9.47 Å². The predicted molar refractivity (Wildman–Crippen MR) is 73.8 cm³/mol. The largest absolute Gasteiger partial charge is 0.494 e. The van der Waals surface area contributed by atoms with E-state index in [0.717, 1.165) is 11.4 Å². The van der Waals surface area contributed by atoms with E-state index in [-0.39, 0.29) is 0 Å². The quantitative estimate of drug-likeness (QED) is 0.728. The molecule has 6 nitrogen and oxygen atoms in total. The zero-order valence-electron chi connectivity index (χ0n) is 11.2. The molecule has 0 atom stereocenters. The Bertz CT molecular complexity index is 629. The van der Waals surface area contributed by atoms with Gasteiger partial charge in [-0.05, 0) is 24.3 Å². The lowest BCUT2D eigenvalue weighted by atomic mass is 10.2. The standard InChI is InChI=1S/C14H14N4O2/c1-19-11-5-6-12(20-2)14(18-10-4-8-16-18)13(11)17-9-3-7-15-17/h3-10H,1-2H3. The van der Waals surface area contributed by atoms with Crippen LogP contribution in [0, 0.1) is 0 Å². The van der Waals surface area contributed by atoms with Crippen LogP contribution in [0.1, 0.15) is 0 Å². The van der Waals surface area contributed by atoms with Crippen molar-refractivity contribution in [3.05, 3.63) is 49.1 Å². The van der Waals surface area contributed by atoms with Crippen molar-refractivity contribution in [2.75, 3.05) is 14.2 Å². The first-order chi connectivity index (χ1) is 9.85. The Morgan fingerprint density at radius 3 is 1.55 bits per heavy atom. The van der Waals surface area contributed by atoms with E-state index in [9.17, 15) is 0 Å². The van der Waals surface area contributed by atoms with Gasteiger partial charge in [-0.1, -0.05) is 0 Å². The second-order valence-electron chi connectivity index (χ2n) is 4.07.